The second kappa shape index (κ2) is 9.59. The van der Waals surface area contributed by atoms with Gasteiger partial charge in [0.05, 0.1) is 6.54 Å². The number of halogens is 1. The Morgan fingerprint density at radius 1 is 1.57 bits per heavy atom. The number of nitrogens with zero attached hydrogens (tertiary/aromatic N) is 3. The van der Waals surface area contributed by atoms with Crippen LogP contribution in [0.3, 0.4) is 0 Å². The maximum Gasteiger partial charge on any atom is 0.214 e. The molecule has 21 heavy (non-hydrogen) atoms. The van der Waals surface area contributed by atoms with Gasteiger partial charge in [0.25, 0.3) is 0 Å². The fraction of sp³-hybridized carbons (Fsp3) is 0.462. The minimum Gasteiger partial charge on any atom is -0.396 e. The zero-order chi connectivity index (χ0) is 15.1. The third kappa shape index (κ3) is 5.53. The van der Waals surface area contributed by atoms with Crippen LogP contribution in [0, 0.1) is 6.92 Å². The van der Waals surface area contributed by atoms with E-state index in [9.17, 15) is 4.79 Å². The molecule has 0 radical (unpaired) electrons. The average Bonchev–Trinajstić information content (AvgIpc) is 2.43. The standard InChI is InChI=1S/C13H20N4O2S.ClH/c1-9(12(20-3)4-5-18)17(8-19)7-11-6-15-10(2)16-13(11)14;/h6,8,18H,4-5,7H2,1-3H3,(H2,14,15,16);1H/b12-9-;. The Balaban J connectivity index is 0.00000400. The Kier molecular flexibility index (Phi) is 9.00. The summed E-state index contributed by atoms with van der Waals surface area (Å²) >= 11 is 1.52. The van der Waals surface area contributed by atoms with Gasteiger partial charge in [-0.3, -0.25) is 4.79 Å². The molecule has 1 aromatic heterocycles. The maximum atomic E-state index is 11.3. The van der Waals surface area contributed by atoms with Gasteiger partial charge < -0.3 is 15.7 Å². The lowest BCUT2D eigenvalue weighted by Gasteiger charge is -2.21. The molecule has 0 atom stereocenters. The third-order valence-electron chi connectivity index (χ3n) is 2.91. The van der Waals surface area contributed by atoms with Crippen LogP contribution in [0.2, 0.25) is 0 Å². The van der Waals surface area contributed by atoms with Gasteiger partial charge in [0, 0.05) is 35.4 Å². The number of aromatic nitrogens is 2. The molecule has 1 rings (SSSR count). The Bertz CT molecular complexity index is 511. The highest BCUT2D eigenvalue weighted by molar-refractivity contribution is 8.02. The zero-order valence-electron chi connectivity index (χ0n) is 12.4. The van der Waals surface area contributed by atoms with E-state index in [1.165, 1.54) is 11.8 Å². The monoisotopic (exact) mass is 332 g/mol. The molecule has 1 heterocycles. The Morgan fingerprint density at radius 3 is 2.71 bits per heavy atom. The molecule has 1 aromatic rings. The lowest BCUT2D eigenvalue weighted by molar-refractivity contribution is -0.116. The molecule has 0 aromatic carbocycles. The molecule has 0 saturated heterocycles. The molecule has 0 aliphatic heterocycles. The number of nitrogen functional groups attached to an aromatic ring is 1. The lowest BCUT2D eigenvalue weighted by atomic mass is 10.2. The molecule has 8 heteroatoms. The molecule has 0 spiro atoms. The topological polar surface area (TPSA) is 92.3 Å². The summed E-state index contributed by atoms with van der Waals surface area (Å²) in [6, 6.07) is 0. The van der Waals surface area contributed by atoms with Crippen molar-refractivity contribution >= 4 is 36.4 Å². The predicted octanol–water partition coefficient (Wildman–Crippen LogP) is 1.72. The van der Waals surface area contributed by atoms with Crippen molar-refractivity contribution in [3.05, 3.63) is 28.2 Å². The molecule has 0 bridgehead atoms. The van der Waals surface area contributed by atoms with E-state index in [4.69, 9.17) is 10.8 Å². The first-order valence-corrected chi connectivity index (χ1v) is 7.40. The van der Waals surface area contributed by atoms with Crippen molar-refractivity contribution in [1.29, 1.82) is 0 Å². The van der Waals surface area contributed by atoms with Gasteiger partial charge in [-0.2, -0.15) is 0 Å². The number of rotatable bonds is 7. The number of allylic oxidation sites excluding steroid dienone is 1. The molecular formula is C13H21ClN4O2S. The highest BCUT2D eigenvalue weighted by atomic mass is 35.5. The van der Waals surface area contributed by atoms with Crippen molar-refractivity contribution in [2.24, 2.45) is 0 Å². The number of aliphatic hydroxyl groups excluding tert-OH is 1. The summed E-state index contributed by atoms with van der Waals surface area (Å²) in [7, 11) is 0. The van der Waals surface area contributed by atoms with Crippen LogP contribution in [0.4, 0.5) is 5.82 Å². The first-order valence-electron chi connectivity index (χ1n) is 6.18. The van der Waals surface area contributed by atoms with Gasteiger partial charge in [-0.25, -0.2) is 9.97 Å². The van der Waals surface area contributed by atoms with Crippen molar-refractivity contribution in [3.8, 4) is 0 Å². The van der Waals surface area contributed by atoms with Crippen LogP contribution in [0.25, 0.3) is 0 Å². The predicted molar refractivity (Wildman–Crippen MR) is 88.0 cm³/mol. The lowest BCUT2D eigenvalue weighted by Crippen LogP contribution is -2.21. The van der Waals surface area contributed by atoms with Gasteiger partial charge in [-0.1, -0.05) is 0 Å². The van der Waals surface area contributed by atoms with Crippen LogP contribution >= 0.6 is 24.2 Å². The summed E-state index contributed by atoms with van der Waals surface area (Å²) in [4.78, 5) is 22.0. The first-order chi connectivity index (χ1) is 9.53. The van der Waals surface area contributed by atoms with E-state index in [1.54, 1.807) is 18.0 Å². The van der Waals surface area contributed by atoms with E-state index in [2.05, 4.69) is 9.97 Å². The van der Waals surface area contributed by atoms with Gasteiger partial charge in [0.2, 0.25) is 6.41 Å². The van der Waals surface area contributed by atoms with Gasteiger partial charge in [0.15, 0.2) is 0 Å². The summed E-state index contributed by atoms with van der Waals surface area (Å²) in [6.07, 6.45) is 4.83. The molecule has 3 N–H and O–H groups in total. The van der Waals surface area contributed by atoms with Crippen LogP contribution in [0.1, 0.15) is 24.7 Å². The molecule has 0 aliphatic carbocycles. The minimum atomic E-state index is 0. The summed E-state index contributed by atoms with van der Waals surface area (Å²) in [5.74, 6) is 0.978. The van der Waals surface area contributed by atoms with Gasteiger partial charge >= 0.3 is 0 Å². The number of amides is 1. The van der Waals surface area contributed by atoms with Crippen LogP contribution in [-0.4, -0.2) is 39.2 Å². The highest BCUT2D eigenvalue weighted by Crippen LogP contribution is 2.24. The second-order valence-electron chi connectivity index (χ2n) is 4.25. The van der Waals surface area contributed by atoms with Crippen LogP contribution in [-0.2, 0) is 11.3 Å². The largest absolute Gasteiger partial charge is 0.396 e. The number of carbonyl (C=O) groups is 1. The van der Waals surface area contributed by atoms with E-state index in [-0.39, 0.29) is 19.0 Å². The van der Waals surface area contributed by atoms with Crippen LogP contribution < -0.4 is 5.73 Å². The zero-order valence-corrected chi connectivity index (χ0v) is 14.0. The van der Waals surface area contributed by atoms with Crippen molar-refractivity contribution in [2.75, 3.05) is 18.6 Å². The quantitative estimate of drug-likeness (QED) is 0.739. The number of nitrogens with two attached hydrogens (primary N) is 1. The average molecular weight is 333 g/mol. The van der Waals surface area contributed by atoms with E-state index >= 15 is 0 Å². The molecule has 0 fully saturated rings. The van der Waals surface area contributed by atoms with Crippen molar-refractivity contribution in [3.63, 3.8) is 0 Å². The van der Waals surface area contributed by atoms with Crippen LogP contribution in [0.15, 0.2) is 16.8 Å². The number of carbonyl (C=O) groups excluding carboxylic acids is 1. The van der Waals surface area contributed by atoms with Crippen LogP contribution in [0.5, 0.6) is 0 Å². The fourth-order valence-electron chi connectivity index (χ4n) is 1.75. The number of anilines is 1. The summed E-state index contributed by atoms with van der Waals surface area (Å²) in [5.41, 5.74) is 7.34. The Hall–Kier alpha value is -1.31. The molecule has 0 unspecified atom stereocenters. The summed E-state index contributed by atoms with van der Waals surface area (Å²) < 4.78 is 0. The summed E-state index contributed by atoms with van der Waals surface area (Å²) in [6.45, 7) is 3.98. The summed E-state index contributed by atoms with van der Waals surface area (Å²) in [5, 5.41) is 9.04. The number of hydrogen-bond donors (Lipinski definition) is 2. The molecule has 0 aliphatic rings. The highest BCUT2D eigenvalue weighted by Gasteiger charge is 2.13. The third-order valence-corrected chi connectivity index (χ3v) is 3.90. The maximum absolute atomic E-state index is 11.3. The molecule has 118 valence electrons. The normalized spacial score (nSPS) is 11.4. The van der Waals surface area contributed by atoms with E-state index in [0.29, 0.717) is 30.2 Å². The van der Waals surface area contributed by atoms with Gasteiger partial charge in [-0.05, 0) is 20.1 Å². The molecule has 0 saturated carbocycles. The number of thioether (sulfide) groups is 1. The Labute approximate surface area is 135 Å². The fourth-order valence-corrected chi connectivity index (χ4v) is 2.45. The van der Waals surface area contributed by atoms with Crippen molar-refractivity contribution in [1.82, 2.24) is 14.9 Å². The van der Waals surface area contributed by atoms with Crippen molar-refractivity contribution < 1.29 is 9.90 Å². The molecular weight excluding hydrogens is 312 g/mol. The van der Waals surface area contributed by atoms with Gasteiger partial charge in [0.1, 0.15) is 11.6 Å². The molecule has 1 amide bonds. The van der Waals surface area contributed by atoms with E-state index < -0.39 is 0 Å². The van der Waals surface area contributed by atoms with E-state index in [0.717, 1.165) is 17.0 Å². The number of hydrogen-bond acceptors (Lipinski definition) is 6. The smallest absolute Gasteiger partial charge is 0.214 e. The van der Waals surface area contributed by atoms with E-state index in [1.807, 2.05) is 13.2 Å². The number of aryl methyl sites for hydroxylation is 1. The minimum absolute atomic E-state index is 0. The van der Waals surface area contributed by atoms with Crippen molar-refractivity contribution in [2.45, 2.75) is 26.8 Å². The second-order valence-corrected chi connectivity index (χ2v) is 5.15. The number of aliphatic hydroxyl groups is 1. The first kappa shape index (κ1) is 19.7. The van der Waals surface area contributed by atoms with Gasteiger partial charge in [-0.15, -0.1) is 24.2 Å². The SMILES string of the molecule is CS/C(CCO)=C(/C)N(C=O)Cc1cnc(C)nc1N.Cl. The molecule has 6 nitrogen and oxygen atoms in total. The Morgan fingerprint density at radius 2 is 2.24 bits per heavy atom.